The lowest BCUT2D eigenvalue weighted by Crippen LogP contribution is -2.46. The zero-order valence-electron chi connectivity index (χ0n) is 9.17. The molecule has 0 unspecified atom stereocenters. The summed E-state index contributed by atoms with van der Waals surface area (Å²) in [6, 6.07) is 10.4. The predicted molar refractivity (Wildman–Crippen MR) is 61.0 cm³/mol. The first kappa shape index (κ1) is 10.3. The Morgan fingerprint density at radius 3 is 2.88 bits per heavy atom. The molecule has 0 amide bonds. The number of fused-ring (bicyclic) bond motifs is 1. The van der Waals surface area contributed by atoms with Crippen LogP contribution in [0.25, 0.3) is 0 Å². The minimum absolute atomic E-state index is 0.110. The highest BCUT2D eigenvalue weighted by Gasteiger charge is 2.50. The maximum absolute atomic E-state index is 9.90. The monoisotopic (exact) mass is 219 g/mol. The third-order valence-corrected chi connectivity index (χ3v) is 3.52. The zero-order chi connectivity index (χ0) is 11.0. The van der Waals surface area contributed by atoms with Crippen LogP contribution in [0, 0.1) is 0 Å². The summed E-state index contributed by atoms with van der Waals surface area (Å²) >= 11 is 0. The van der Waals surface area contributed by atoms with Gasteiger partial charge in [0.05, 0.1) is 18.2 Å². The highest BCUT2D eigenvalue weighted by molar-refractivity contribution is 5.15. The number of hydrogen-bond acceptors (Lipinski definition) is 3. The van der Waals surface area contributed by atoms with E-state index in [-0.39, 0.29) is 18.2 Å². The van der Waals surface area contributed by atoms with Gasteiger partial charge in [0.2, 0.25) is 0 Å². The molecule has 2 aliphatic rings. The second kappa shape index (κ2) is 4.17. The molecule has 3 nitrogen and oxygen atoms in total. The molecule has 1 aromatic carbocycles. The van der Waals surface area contributed by atoms with Crippen LogP contribution in [0.1, 0.15) is 18.4 Å². The van der Waals surface area contributed by atoms with Gasteiger partial charge in [-0.3, -0.25) is 0 Å². The molecule has 16 heavy (non-hydrogen) atoms. The average molecular weight is 219 g/mol. The Labute approximate surface area is 95.4 Å². The van der Waals surface area contributed by atoms with E-state index < -0.39 is 0 Å². The Balaban J connectivity index is 1.58. The number of epoxide rings is 1. The van der Waals surface area contributed by atoms with E-state index in [2.05, 4.69) is 17.4 Å². The summed E-state index contributed by atoms with van der Waals surface area (Å²) in [6.45, 7) is 0.801. The van der Waals surface area contributed by atoms with E-state index in [1.165, 1.54) is 5.56 Å². The van der Waals surface area contributed by atoms with E-state index in [1.54, 1.807) is 0 Å². The maximum Gasteiger partial charge on any atom is 0.102 e. The van der Waals surface area contributed by atoms with Crippen LogP contribution >= 0.6 is 0 Å². The molecule has 2 fully saturated rings. The van der Waals surface area contributed by atoms with Gasteiger partial charge < -0.3 is 15.2 Å². The number of ether oxygens (including phenoxy) is 1. The summed E-state index contributed by atoms with van der Waals surface area (Å²) < 4.78 is 5.53. The highest BCUT2D eigenvalue weighted by Crippen LogP contribution is 2.36. The van der Waals surface area contributed by atoms with Gasteiger partial charge >= 0.3 is 0 Å². The van der Waals surface area contributed by atoms with Crippen molar-refractivity contribution < 1.29 is 9.84 Å². The van der Waals surface area contributed by atoms with Crippen molar-refractivity contribution in [3.05, 3.63) is 35.9 Å². The second-order valence-corrected chi connectivity index (χ2v) is 4.68. The first-order valence-electron chi connectivity index (χ1n) is 5.95. The molecule has 0 spiro atoms. The van der Waals surface area contributed by atoms with Crippen LogP contribution in [0.15, 0.2) is 30.3 Å². The van der Waals surface area contributed by atoms with E-state index in [0.717, 1.165) is 19.4 Å². The lowest BCUT2D eigenvalue weighted by Gasteiger charge is -2.25. The van der Waals surface area contributed by atoms with Gasteiger partial charge in [0, 0.05) is 6.54 Å². The quantitative estimate of drug-likeness (QED) is 0.747. The van der Waals surface area contributed by atoms with Gasteiger partial charge in [-0.2, -0.15) is 0 Å². The standard InChI is InChI=1S/C13H17NO2/c15-10-6-7-11-13(16-11)12(10)14-8-9-4-2-1-3-5-9/h1-5,10-15H,6-8H2/t10-,11+,12-,13+/m0/s1. The molecule has 0 aromatic heterocycles. The number of aliphatic hydroxyl groups excluding tert-OH is 1. The number of nitrogens with one attached hydrogen (secondary N) is 1. The molecule has 86 valence electrons. The van der Waals surface area contributed by atoms with Gasteiger partial charge in [-0.25, -0.2) is 0 Å². The van der Waals surface area contributed by atoms with Gasteiger partial charge in [0.1, 0.15) is 6.10 Å². The molecule has 1 aliphatic carbocycles. The van der Waals surface area contributed by atoms with Crippen molar-refractivity contribution in [3.63, 3.8) is 0 Å². The minimum Gasteiger partial charge on any atom is -0.391 e. The molecule has 2 N–H and O–H groups in total. The molecule has 1 saturated carbocycles. The summed E-state index contributed by atoms with van der Waals surface area (Å²) in [5.41, 5.74) is 1.25. The van der Waals surface area contributed by atoms with E-state index in [4.69, 9.17) is 4.74 Å². The Morgan fingerprint density at radius 2 is 2.06 bits per heavy atom. The van der Waals surface area contributed by atoms with Crippen molar-refractivity contribution >= 4 is 0 Å². The van der Waals surface area contributed by atoms with Gasteiger partial charge in [-0.15, -0.1) is 0 Å². The Kier molecular flexibility index (Phi) is 2.67. The van der Waals surface area contributed by atoms with Crippen LogP contribution < -0.4 is 5.32 Å². The SMILES string of the molecule is O[C@H]1CC[C@H]2O[C@H]2[C@H]1NCc1ccccc1. The highest BCUT2D eigenvalue weighted by atomic mass is 16.6. The molecule has 1 aromatic rings. The fraction of sp³-hybridized carbons (Fsp3) is 0.538. The smallest absolute Gasteiger partial charge is 0.102 e. The number of aliphatic hydroxyl groups is 1. The van der Waals surface area contributed by atoms with Crippen molar-refractivity contribution in [2.45, 2.75) is 43.7 Å². The summed E-state index contributed by atoms with van der Waals surface area (Å²) in [5.74, 6) is 0. The molecule has 0 radical (unpaired) electrons. The normalized spacial score (nSPS) is 36.8. The van der Waals surface area contributed by atoms with Crippen molar-refractivity contribution in [3.8, 4) is 0 Å². The van der Waals surface area contributed by atoms with E-state index in [9.17, 15) is 5.11 Å². The molecular weight excluding hydrogens is 202 g/mol. The molecule has 3 heteroatoms. The first-order chi connectivity index (χ1) is 7.84. The maximum atomic E-state index is 9.90. The zero-order valence-corrected chi connectivity index (χ0v) is 9.17. The number of rotatable bonds is 3. The topological polar surface area (TPSA) is 44.8 Å². The van der Waals surface area contributed by atoms with Gasteiger partial charge in [-0.1, -0.05) is 30.3 Å². The average Bonchev–Trinajstić information content (AvgIpc) is 3.08. The Bertz CT molecular complexity index is 352. The summed E-state index contributed by atoms with van der Waals surface area (Å²) in [6.07, 6.45) is 2.25. The third-order valence-electron chi connectivity index (χ3n) is 3.52. The Hall–Kier alpha value is -0.900. The molecule has 4 atom stereocenters. The third kappa shape index (κ3) is 1.98. The van der Waals surface area contributed by atoms with Gasteiger partial charge in [0.15, 0.2) is 0 Å². The van der Waals surface area contributed by atoms with Gasteiger partial charge in [-0.05, 0) is 18.4 Å². The molecular formula is C13H17NO2. The molecule has 1 saturated heterocycles. The van der Waals surface area contributed by atoms with Crippen LogP contribution in [0.3, 0.4) is 0 Å². The van der Waals surface area contributed by atoms with Crippen molar-refractivity contribution in [2.24, 2.45) is 0 Å². The summed E-state index contributed by atoms with van der Waals surface area (Å²) in [7, 11) is 0. The summed E-state index contributed by atoms with van der Waals surface area (Å²) in [5, 5.41) is 13.3. The molecule has 3 rings (SSSR count). The van der Waals surface area contributed by atoms with Crippen molar-refractivity contribution in [1.29, 1.82) is 0 Å². The summed E-state index contributed by atoms with van der Waals surface area (Å²) in [4.78, 5) is 0. The van der Waals surface area contributed by atoms with E-state index in [0.29, 0.717) is 6.10 Å². The largest absolute Gasteiger partial charge is 0.391 e. The first-order valence-corrected chi connectivity index (χ1v) is 5.95. The van der Waals surface area contributed by atoms with Crippen LogP contribution in [-0.2, 0) is 11.3 Å². The van der Waals surface area contributed by atoms with Crippen LogP contribution in [0.2, 0.25) is 0 Å². The fourth-order valence-electron chi connectivity index (χ4n) is 2.52. The van der Waals surface area contributed by atoms with Crippen molar-refractivity contribution in [2.75, 3.05) is 0 Å². The Morgan fingerprint density at radius 1 is 1.25 bits per heavy atom. The number of benzene rings is 1. The van der Waals surface area contributed by atoms with Crippen LogP contribution in [-0.4, -0.2) is 29.5 Å². The minimum atomic E-state index is -0.257. The second-order valence-electron chi connectivity index (χ2n) is 4.68. The van der Waals surface area contributed by atoms with Crippen molar-refractivity contribution in [1.82, 2.24) is 5.32 Å². The van der Waals surface area contributed by atoms with Crippen LogP contribution in [0.5, 0.6) is 0 Å². The molecule has 1 aliphatic heterocycles. The van der Waals surface area contributed by atoms with Gasteiger partial charge in [0.25, 0.3) is 0 Å². The van der Waals surface area contributed by atoms with E-state index >= 15 is 0 Å². The predicted octanol–water partition coefficient (Wildman–Crippen LogP) is 1.07. The number of hydrogen-bond donors (Lipinski definition) is 2. The fourth-order valence-corrected chi connectivity index (χ4v) is 2.52. The lowest BCUT2D eigenvalue weighted by atomic mass is 9.92. The van der Waals surface area contributed by atoms with E-state index in [1.807, 2.05) is 18.2 Å². The lowest BCUT2D eigenvalue weighted by molar-refractivity contribution is 0.0976. The van der Waals surface area contributed by atoms with Crippen LogP contribution in [0.4, 0.5) is 0 Å². The molecule has 0 bridgehead atoms. The molecule has 1 heterocycles.